The first-order chi connectivity index (χ1) is 9.67. The fourth-order valence-electron chi connectivity index (χ4n) is 1.67. The Hall–Kier alpha value is -1.99. The third-order valence-corrected chi connectivity index (χ3v) is 2.87. The molecule has 5 heteroatoms. The molecule has 1 atom stereocenters. The van der Waals surface area contributed by atoms with Crippen LogP contribution < -0.4 is 10.6 Å². The maximum atomic E-state index is 12.0. The van der Waals surface area contributed by atoms with Crippen LogP contribution in [0.3, 0.4) is 0 Å². The zero-order chi connectivity index (χ0) is 14.8. The maximum Gasteiger partial charge on any atom is 0.242 e. The molecule has 0 spiro atoms. The number of halogens is 1. The molecule has 106 valence electrons. The molecule has 2 N–H and O–H groups in total. The Morgan fingerprint density at radius 2 is 2.00 bits per heavy atom. The summed E-state index contributed by atoms with van der Waals surface area (Å²) in [5, 5.41) is 5.30. The molecule has 0 heterocycles. The highest BCUT2D eigenvalue weighted by molar-refractivity contribution is 6.27. The van der Waals surface area contributed by atoms with Gasteiger partial charge < -0.3 is 10.6 Å². The van der Waals surface area contributed by atoms with Gasteiger partial charge in [0, 0.05) is 19.4 Å². The second-order valence-corrected chi connectivity index (χ2v) is 4.46. The molecular formula is C15H17ClN2O2. The van der Waals surface area contributed by atoms with Crippen molar-refractivity contribution >= 4 is 23.4 Å². The molecule has 1 aromatic rings. The number of terminal acetylenes is 1. The summed E-state index contributed by atoms with van der Waals surface area (Å²) in [4.78, 5) is 23.4. The lowest BCUT2D eigenvalue weighted by atomic mass is 10.1. The van der Waals surface area contributed by atoms with Gasteiger partial charge in [0.05, 0.1) is 0 Å². The normalized spacial score (nSPS) is 11.2. The average molecular weight is 293 g/mol. The molecule has 0 aliphatic carbocycles. The molecule has 0 saturated heterocycles. The van der Waals surface area contributed by atoms with Gasteiger partial charge in [-0.05, 0) is 5.56 Å². The van der Waals surface area contributed by atoms with Gasteiger partial charge in [-0.2, -0.15) is 0 Å². The Labute approximate surface area is 123 Å². The third kappa shape index (κ3) is 5.77. The maximum absolute atomic E-state index is 12.0. The highest BCUT2D eigenvalue weighted by Crippen LogP contribution is 2.03. The standard InChI is InChI=1S/C15H17ClN2O2/c1-2-3-9-17-15(20)13(18-14(19)11-16)10-12-7-5-4-6-8-12/h1,4-8,13H,3,9-11H2,(H,17,20)(H,18,19). The van der Waals surface area contributed by atoms with E-state index in [2.05, 4.69) is 16.6 Å². The zero-order valence-electron chi connectivity index (χ0n) is 11.1. The Morgan fingerprint density at radius 1 is 1.30 bits per heavy atom. The van der Waals surface area contributed by atoms with E-state index in [0.717, 1.165) is 5.56 Å². The van der Waals surface area contributed by atoms with Crippen molar-refractivity contribution in [1.82, 2.24) is 10.6 Å². The van der Waals surface area contributed by atoms with Crippen LogP contribution in [0.1, 0.15) is 12.0 Å². The summed E-state index contributed by atoms with van der Waals surface area (Å²) < 4.78 is 0. The Balaban J connectivity index is 2.67. The van der Waals surface area contributed by atoms with Crippen molar-refractivity contribution in [3.8, 4) is 12.3 Å². The van der Waals surface area contributed by atoms with Crippen LogP contribution in [0.25, 0.3) is 0 Å². The molecule has 0 aromatic heterocycles. The number of hydrogen-bond acceptors (Lipinski definition) is 2. The molecule has 4 nitrogen and oxygen atoms in total. The first kappa shape index (κ1) is 16.1. The quantitative estimate of drug-likeness (QED) is 0.449. The van der Waals surface area contributed by atoms with Crippen LogP contribution >= 0.6 is 11.6 Å². The minimum atomic E-state index is -0.651. The average Bonchev–Trinajstić information content (AvgIpc) is 2.47. The SMILES string of the molecule is C#CCCNC(=O)C(Cc1ccccc1)NC(=O)CCl. The van der Waals surface area contributed by atoms with Crippen LogP contribution in [0.2, 0.25) is 0 Å². The number of amides is 2. The van der Waals surface area contributed by atoms with Crippen LogP contribution in [0.5, 0.6) is 0 Å². The number of nitrogens with one attached hydrogen (secondary N) is 2. The summed E-state index contributed by atoms with van der Waals surface area (Å²) in [5.74, 6) is 1.63. The third-order valence-electron chi connectivity index (χ3n) is 2.62. The summed E-state index contributed by atoms with van der Waals surface area (Å²) in [6.07, 6.45) is 5.99. The Bertz CT molecular complexity index is 482. The second kappa shape index (κ2) is 9.00. The molecule has 1 rings (SSSR count). The van der Waals surface area contributed by atoms with Gasteiger partial charge >= 0.3 is 0 Å². The van der Waals surface area contributed by atoms with Crippen LogP contribution in [0.4, 0.5) is 0 Å². The molecule has 1 aromatic carbocycles. The number of rotatable bonds is 7. The molecule has 20 heavy (non-hydrogen) atoms. The monoisotopic (exact) mass is 292 g/mol. The molecule has 1 unspecified atom stereocenters. The van der Waals surface area contributed by atoms with Crippen molar-refractivity contribution in [3.63, 3.8) is 0 Å². The molecule has 0 saturated carbocycles. The van der Waals surface area contributed by atoms with Crippen LogP contribution in [0.15, 0.2) is 30.3 Å². The van der Waals surface area contributed by atoms with Crippen LogP contribution in [0, 0.1) is 12.3 Å². The van der Waals surface area contributed by atoms with Gasteiger partial charge in [-0.15, -0.1) is 23.9 Å². The highest BCUT2D eigenvalue weighted by Gasteiger charge is 2.20. The lowest BCUT2D eigenvalue weighted by Gasteiger charge is -2.17. The first-order valence-corrected chi connectivity index (χ1v) is 6.81. The Morgan fingerprint density at radius 3 is 2.60 bits per heavy atom. The van der Waals surface area contributed by atoms with Crippen molar-refractivity contribution in [2.24, 2.45) is 0 Å². The Kier molecular flexibility index (Phi) is 7.23. The van der Waals surface area contributed by atoms with E-state index in [9.17, 15) is 9.59 Å². The van der Waals surface area contributed by atoms with Crippen molar-refractivity contribution in [2.75, 3.05) is 12.4 Å². The summed E-state index contributed by atoms with van der Waals surface area (Å²) in [5.41, 5.74) is 0.958. The van der Waals surface area contributed by atoms with Crippen molar-refractivity contribution < 1.29 is 9.59 Å². The number of alkyl halides is 1. The summed E-state index contributed by atoms with van der Waals surface area (Å²) >= 11 is 5.46. The molecule has 0 aliphatic rings. The molecule has 0 radical (unpaired) electrons. The summed E-state index contributed by atoms with van der Waals surface area (Å²) in [6.45, 7) is 0.386. The minimum Gasteiger partial charge on any atom is -0.353 e. The minimum absolute atomic E-state index is 0.178. The fraction of sp³-hybridized carbons (Fsp3) is 0.333. The van der Waals surface area contributed by atoms with E-state index in [-0.39, 0.29) is 17.7 Å². The van der Waals surface area contributed by atoms with Crippen LogP contribution in [-0.2, 0) is 16.0 Å². The van der Waals surface area contributed by atoms with E-state index in [1.165, 1.54) is 0 Å². The van der Waals surface area contributed by atoms with Crippen molar-refractivity contribution in [2.45, 2.75) is 18.9 Å². The number of carbonyl (C=O) groups is 2. The molecule has 2 amide bonds. The van der Waals surface area contributed by atoms with E-state index < -0.39 is 6.04 Å². The van der Waals surface area contributed by atoms with Gasteiger partial charge in [-0.1, -0.05) is 30.3 Å². The summed E-state index contributed by atoms with van der Waals surface area (Å²) in [6, 6.07) is 8.80. The van der Waals surface area contributed by atoms with E-state index in [0.29, 0.717) is 19.4 Å². The number of carbonyl (C=O) groups excluding carboxylic acids is 2. The van der Waals surface area contributed by atoms with Gasteiger partial charge in [-0.25, -0.2) is 0 Å². The predicted molar refractivity (Wildman–Crippen MR) is 79.3 cm³/mol. The van der Waals surface area contributed by atoms with Gasteiger partial charge in [0.15, 0.2) is 0 Å². The molecular weight excluding hydrogens is 276 g/mol. The van der Waals surface area contributed by atoms with Crippen molar-refractivity contribution in [1.29, 1.82) is 0 Å². The predicted octanol–water partition coefficient (Wildman–Crippen LogP) is 1.09. The molecule has 0 fully saturated rings. The van der Waals surface area contributed by atoms with Gasteiger partial charge in [-0.3, -0.25) is 9.59 Å². The fourth-order valence-corrected chi connectivity index (χ4v) is 1.75. The number of hydrogen-bond donors (Lipinski definition) is 2. The topological polar surface area (TPSA) is 58.2 Å². The molecule has 0 bridgehead atoms. The largest absolute Gasteiger partial charge is 0.353 e. The van der Waals surface area contributed by atoms with E-state index in [4.69, 9.17) is 18.0 Å². The summed E-state index contributed by atoms with van der Waals surface area (Å²) in [7, 11) is 0. The zero-order valence-corrected chi connectivity index (χ0v) is 11.8. The van der Waals surface area contributed by atoms with Crippen molar-refractivity contribution in [3.05, 3.63) is 35.9 Å². The lowest BCUT2D eigenvalue weighted by molar-refractivity contribution is -0.127. The second-order valence-electron chi connectivity index (χ2n) is 4.19. The smallest absolute Gasteiger partial charge is 0.242 e. The van der Waals surface area contributed by atoms with Gasteiger partial charge in [0.1, 0.15) is 11.9 Å². The first-order valence-electron chi connectivity index (χ1n) is 6.27. The van der Waals surface area contributed by atoms with E-state index in [1.54, 1.807) is 0 Å². The molecule has 0 aliphatic heterocycles. The number of benzene rings is 1. The van der Waals surface area contributed by atoms with Gasteiger partial charge in [0.25, 0.3) is 0 Å². The van der Waals surface area contributed by atoms with E-state index in [1.807, 2.05) is 30.3 Å². The van der Waals surface area contributed by atoms with Gasteiger partial charge in [0.2, 0.25) is 11.8 Å². The van der Waals surface area contributed by atoms with Crippen LogP contribution in [-0.4, -0.2) is 30.3 Å². The lowest BCUT2D eigenvalue weighted by Crippen LogP contribution is -2.48. The highest BCUT2D eigenvalue weighted by atomic mass is 35.5. The van der Waals surface area contributed by atoms with E-state index >= 15 is 0 Å².